The molecule has 7 nitrogen and oxygen atoms in total. The van der Waals surface area contributed by atoms with Crippen molar-refractivity contribution in [3.8, 4) is 11.8 Å². The van der Waals surface area contributed by atoms with E-state index in [0.29, 0.717) is 18.5 Å². The van der Waals surface area contributed by atoms with Gasteiger partial charge in [-0.3, -0.25) is 19.3 Å². The summed E-state index contributed by atoms with van der Waals surface area (Å²) in [5.74, 6) is 4.13. The van der Waals surface area contributed by atoms with Crippen LogP contribution in [0.1, 0.15) is 40.4 Å². The molecule has 1 fully saturated rings. The Hall–Kier alpha value is -3.54. The van der Waals surface area contributed by atoms with Crippen LogP contribution in [0.25, 0.3) is 0 Å². The molecule has 0 aromatic heterocycles. The van der Waals surface area contributed by atoms with Crippen molar-refractivity contribution < 1.29 is 23.9 Å². The number of benzene rings is 2. The summed E-state index contributed by atoms with van der Waals surface area (Å²) < 4.78 is 13.3. The molecule has 2 atom stereocenters. The Morgan fingerprint density at radius 1 is 1.11 bits per heavy atom. The minimum Gasteiger partial charge on any atom is -0.388 e. The van der Waals surface area contributed by atoms with Crippen molar-refractivity contribution >= 4 is 17.6 Å². The number of Topliss-reactive ketones (excluding diaryl/α,β-unsaturated/α-hetero) is 1. The molecule has 2 aromatic rings. The lowest BCUT2D eigenvalue weighted by Gasteiger charge is -2.35. The van der Waals surface area contributed by atoms with E-state index in [1.165, 1.54) is 21.0 Å². The monoisotopic (exact) mass is 479 g/mol. The molecule has 35 heavy (non-hydrogen) atoms. The summed E-state index contributed by atoms with van der Waals surface area (Å²) in [6, 6.07) is 14.4. The minimum absolute atomic E-state index is 0.278. The van der Waals surface area contributed by atoms with Gasteiger partial charge in [-0.25, -0.2) is 4.39 Å². The number of rotatable bonds is 7. The van der Waals surface area contributed by atoms with E-state index in [9.17, 15) is 23.9 Å². The number of amides is 2. The number of nitrogens with zero attached hydrogens (tertiary/aromatic N) is 2. The van der Waals surface area contributed by atoms with Crippen molar-refractivity contribution in [1.82, 2.24) is 15.1 Å². The van der Waals surface area contributed by atoms with Crippen LogP contribution >= 0.6 is 0 Å². The van der Waals surface area contributed by atoms with E-state index >= 15 is 0 Å². The van der Waals surface area contributed by atoms with Crippen LogP contribution in [0, 0.1) is 11.8 Å². The van der Waals surface area contributed by atoms with Gasteiger partial charge in [-0.2, -0.15) is 0 Å². The van der Waals surface area contributed by atoms with Crippen molar-refractivity contribution in [3.05, 3.63) is 70.8 Å². The number of likely N-dealkylation sites (N-methyl/N-ethyl adjacent to an activating group) is 2. The number of ketones is 1. The Kier molecular flexibility index (Phi) is 8.39. The summed E-state index contributed by atoms with van der Waals surface area (Å²) in [6.07, 6.45) is -0.135. The fourth-order valence-corrected chi connectivity index (χ4v) is 3.98. The Labute approximate surface area is 204 Å². The van der Waals surface area contributed by atoms with Crippen molar-refractivity contribution in [2.24, 2.45) is 0 Å². The van der Waals surface area contributed by atoms with E-state index < -0.39 is 35.9 Å². The average molecular weight is 480 g/mol. The zero-order valence-corrected chi connectivity index (χ0v) is 20.2. The van der Waals surface area contributed by atoms with Crippen molar-refractivity contribution in [1.29, 1.82) is 0 Å². The third-order valence-electron chi connectivity index (χ3n) is 6.39. The molecular formula is C27H30FN3O4. The third kappa shape index (κ3) is 5.94. The van der Waals surface area contributed by atoms with Crippen LogP contribution in [0.3, 0.4) is 0 Å². The second kappa shape index (κ2) is 11.3. The van der Waals surface area contributed by atoms with E-state index in [0.717, 1.165) is 29.1 Å². The Morgan fingerprint density at radius 2 is 1.69 bits per heavy atom. The molecular weight excluding hydrogens is 449 g/mol. The minimum atomic E-state index is -1.84. The second-order valence-corrected chi connectivity index (χ2v) is 8.74. The SMILES string of the molecule is CNC(=O)[C@@](C)(C(=O)CO)N(C)C(=O)c1ccc(C#Cc2ccc(CN3CCC(F)C3)cc2)cc1. The van der Waals surface area contributed by atoms with Gasteiger partial charge in [-0.05, 0) is 55.3 Å². The third-order valence-corrected chi connectivity index (χ3v) is 6.39. The van der Waals surface area contributed by atoms with Crippen LogP contribution in [0.2, 0.25) is 0 Å². The number of nitrogens with one attached hydrogen (secondary N) is 1. The molecule has 8 heteroatoms. The molecule has 0 aliphatic carbocycles. The molecule has 1 saturated heterocycles. The molecule has 2 N–H and O–H groups in total. The molecule has 0 radical (unpaired) electrons. The quantitative estimate of drug-likeness (QED) is 0.467. The van der Waals surface area contributed by atoms with Gasteiger partial charge in [0, 0.05) is 50.4 Å². The van der Waals surface area contributed by atoms with Gasteiger partial charge in [-0.15, -0.1) is 0 Å². The molecule has 0 saturated carbocycles. The van der Waals surface area contributed by atoms with Gasteiger partial charge in [0.2, 0.25) is 0 Å². The summed E-state index contributed by atoms with van der Waals surface area (Å²) in [4.78, 5) is 40.7. The first-order valence-corrected chi connectivity index (χ1v) is 11.4. The zero-order chi connectivity index (χ0) is 25.6. The largest absolute Gasteiger partial charge is 0.388 e. The highest BCUT2D eigenvalue weighted by Crippen LogP contribution is 2.19. The molecule has 1 aliphatic rings. The Balaban J connectivity index is 1.67. The molecule has 2 amide bonds. The molecule has 1 aliphatic heterocycles. The molecule has 3 rings (SSSR count). The van der Waals surface area contributed by atoms with Gasteiger partial charge in [0.15, 0.2) is 11.3 Å². The van der Waals surface area contributed by atoms with Crippen LogP contribution in [-0.2, 0) is 16.1 Å². The van der Waals surface area contributed by atoms with Crippen LogP contribution in [0.4, 0.5) is 4.39 Å². The first-order valence-electron chi connectivity index (χ1n) is 11.4. The van der Waals surface area contributed by atoms with Gasteiger partial charge < -0.3 is 15.3 Å². The van der Waals surface area contributed by atoms with E-state index in [4.69, 9.17) is 0 Å². The van der Waals surface area contributed by atoms with Crippen LogP contribution in [0.15, 0.2) is 48.5 Å². The molecule has 0 spiro atoms. The lowest BCUT2D eigenvalue weighted by Crippen LogP contribution is -2.62. The lowest BCUT2D eigenvalue weighted by molar-refractivity contribution is -0.143. The van der Waals surface area contributed by atoms with Gasteiger partial charge in [0.25, 0.3) is 11.8 Å². The smallest absolute Gasteiger partial charge is 0.254 e. The topological polar surface area (TPSA) is 90.0 Å². The van der Waals surface area contributed by atoms with Crippen LogP contribution < -0.4 is 5.32 Å². The number of aliphatic hydroxyl groups excluding tert-OH is 1. The normalized spacial score (nSPS) is 17.1. The fourth-order valence-electron chi connectivity index (χ4n) is 3.98. The van der Waals surface area contributed by atoms with Gasteiger partial charge in [-0.1, -0.05) is 24.0 Å². The number of alkyl halides is 1. The van der Waals surface area contributed by atoms with E-state index in [1.807, 2.05) is 24.3 Å². The maximum Gasteiger partial charge on any atom is 0.254 e. The highest BCUT2D eigenvalue weighted by Gasteiger charge is 2.46. The van der Waals surface area contributed by atoms with E-state index in [1.54, 1.807) is 24.3 Å². The Morgan fingerprint density at radius 3 is 2.17 bits per heavy atom. The van der Waals surface area contributed by atoms with Gasteiger partial charge in [0.1, 0.15) is 12.8 Å². The first-order chi connectivity index (χ1) is 16.7. The van der Waals surface area contributed by atoms with Crippen LogP contribution in [0.5, 0.6) is 0 Å². The molecule has 1 heterocycles. The van der Waals surface area contributed by atoms with Gasteiger partial charge >= 0.3 is 0 Å². The molecule has 184 valence electrons. The Bertz CT molecular complexity index is 1120. The average Bonchev–Trinajstić information content (AvgIpc) is 3.30. The maximum atomic E-state index is 13.3. The number of carbonyl (C=O) groups is 3. The van der Waals surface area contributed by atoms with E-state index in [2.05, 4.69) is 22.1 Å². The number of hydrogen-bond donors (Lipinski definition) is 2. The number of hydrogen-bond acceptors (Lipinski definition) is 5. The summed E-state index contributed by atoms with van der Waals surface area (Å²) in [6.45, 7) is 2.42. The highest BCUT2D eigenvalue weighted by molar-refractivity contribution is 6.14. The number of halogens is 1. The molecule has 1 unspecified atom stereocenters. The summed E-state index contributed by atoms with van der Waals surface area (Å²) in [5.41, 5.74) is 1.08. The standard InChI is InChI=1S/C27H30FN3O4/c1-27(24(33)18-32,26(35)29-2)30(3)25(34)22-12-10-20(11-13-22)5-4-19-6-8-21(9-7-19)16-31-15-14-23(28)17-31/h6-13,23,32H,14-18H2,1-3H3,(H,29,35)/t23?,27-/m1/s1. The maximum absolute atomic E-state index is 13.3. The second-order valence-electron chi connectivity index (χ2n) is 8.74. The summed E-state index contributed by atoms with van der Waals surface area (Å²) >= 11 is 0. The summed E-state index contributed by atoms with van der Waals surface area (Å²) in [7, 11) is 2.71. The van der Waals surface area contributed by atoms with Crippen molar-refractivity contribution in [2.75, 3.05) is 33.8 Å². The number of aliphatic hydroxyl groups is 1. The highest BCUT2D eigenvalue weighted by atomic mass is 19.1. The number of likely N-dealkylation sites (tertiary alicyclic amines) is 1. The predicted molar refractivity (Wildman–Crippen MR) is 130 cm³/mol. The molecule has 0 bridgehead atoms. The van der Waals surface area contributed by atoms with Crippen molar-refractivity contribution in [3.63, 3.8) is 0 Å². The van der Waals surface area contributed by atoms with E-state index in [-0.39, 0.29) is 5.56 Å². The van der Waals surface area contributed by atoms with Crippen LogP contribution in [-0.4, -0.2) is 78.0 Å². The van der Waals surface area contributed by atoms with Crippen molar-refractivity contribution in [2.45, 2.75) is 31.6 Å². The molecule has 2 aromatic carbocycles. The predicted octanol–water partition coefficient (Wildman–Crippen LogP) is 1.77. The van der Waals surface area contributed by atoms with Gasteiger partial charge in [0.05, 0.1) is 0 Å². The fraction of sp³-hybridized carbons (Fsp3) is 0.370. The lowest BCUT2D eigenvalue weighted by atomic mass is 9.92. The number of carbonyl (C=O) groups excluding carboxylic acids is 3. The first kappa shape index (κ1) is 26.1. The summed E-state index contributed by atoms with van der Waals surface area (Å²) in [5, 5.41) is 11.7. The zero-order valence-electron chi connectivity index (χ0n) is 20.2.